The Morgan fingerprint density at radius 1 is 1.24 bits per heavy atom. The highest BCUT2D eigenvalue weighted by atomic mass is 16.5. The maximum atomic E-state index is 11.5. The molecule has 8 heteroatoms. The Kier molecular flexibility index (Phi) is 6.69. The Morgan fingerprint density at radius 2 is 1.90 bits per heavy atom. The predicted octanol–water partition coefficient (Wildman–Crippen LogP) is -1.86. The maximum Gasteiger partial charge on any atom is 0.408 e. The molecule has 3 N–H and O–H groups in total. The number of nitrogens with one attached hydrogen (secondary N) is 2. The van der Waals surface area contributed by atoms with Crippen LogP contribution in [0, 0.1) is 0 Å². The van der Waals surface area contributed by atoms with Gasteiger partial charge in [-0.1, -0.05) is 30.3 Å². The fourth-order valence-electron chi connectivity index (χ4n) is 1.38. The molecule has 114 valence electrons. The van der Waals surface area contributed by atoms with E-state index in [2.05, 4.69) is 5.32 Å². The minimum atomic E-state index is -1.48. The van der Waals surface area contributed by atoms with E-state index >= 15 is 0 Å². The number of carbonyl (C=O) groups is 3. The summed E-state index contributed by atoms with van der Waals surface area (Å²) in [5.74, 6) is -2.33. The van der Waals surface area contributed by atoms with Crippen molar-refractivity contribution in [3.05, 3.63) is 35.9 Å². The Morgan fingerprint density at radius 3 is 2.48 bits per heavy atom. The first kappa shape index (κ1) is 16.4. The molecule has 0 aliphatic heterocycles. The van der Waals surface area contributed by atoms with Gasteiger partial charge in [0.2, 0.25) is 5.91 Å². The molecular weight excluding hydrogens is 280 g/mol. The van der Waals surface area contributed by atoms with E-state index in [9.17, 15) is 19.5 Å². The second-order valence-corrected chi connectivity index (χ2v) is 4.03. The van der Waals surface area contributed by atoms with Gasteiger partial charge in [0.1, 0.15) is 12.6 Å². The molecule has 0 radical (unpaired) electrons. The first-order valence-corrected chi connectivity index (χ1v) is 6.08. The van der Waals surface area contributed by atoms with Crippen molar-refractivity contribution in [3.63, 3.8) is 0 Å². The second kappa shape index (κ2) is 8.54. The molecule has 2 amide bonds. The van der Waals surface area contributed by atoms with E-state index in [-0.39, 0.29) is 6.61 Å². The van der Waals surface area contributed by atoms with Gasteiger partial charge in [0.25, 0.3) is 0 Å². The number of amides is 2. The summed E-state index contributed by atoms with van der Waals surface area (Å²) in [5, 5.41) is 23.3. The number of aliphatic carboxylic acids is 1. The van der Waals surface area contributed by atoms with Crippen LogP contribution in [0.1, 0.15) is 5.56 Å². The summed E-state index contributed by atoms with van der Waals surface area (Å²) in [4.78, 5) is 33.1. The normalized spacial score (nSPS) is 11.3. The van der Waals surface area contributed by atoms with Crippen LogP contribution in [0.2, 0.25) is 0 Å². The number of aliphatic hydroxyl groups excluding tert-OH is 1. The number of hydrogen-bond acceptors (Lipinski definition) is 6. The summed E-state index contributed by atoms with van der Waals surface area (Å²) >= 11 is 0. The predicted molar refractivity (Wildman–Crippen MR) is 68.7 cm³/mol. The standard InChI is InChI=1S/C13H16N2O6/c16-7-10(12(19)14-6-11(17)18)15-13(20)21-8-9-4-2-1-3-5-9/h1-5,10,16H,6-8H2,(H,14,19)(H,15,20)(H,17,18)/p-1/t10-/m0/s1. The number of alkyl carbamates (subject to hydrolysis) is 1. The molecule has 0 heterocycles. The van der Waals surface area contributed by atoms with E-state index < -0.39 is 37.2 Å². The van der Waals surface area contributed by atoms with Crippen LogP contribution in [0.4, 0.5) is 4.79 Å². The SMILES string of the molecule is O=C([O-])CNC(=O)[C@H](CO)NC(=O)OCc1ccccc1. The highest BCUT2D eigenvalue weighted by Crippen LogP contribution is 2.00. The summed E-state index contributed by atoms with van der Waals surface area (Å²) in [6.07, 6.45) is -0.901. The van der Waals surface area contributed by atoms with Crippen molar-refractivity contribution in [3.8, 4) is 0 Å². The Hall–Kier alpha value is -2.61. The lowest BCUT2D eigenvalue weighted by Crippen LogP contribution is -2.51. The molecule has 8 nitrogen and oxygen atoms in total. The average molecular weight is 295 g/mol. The zero-order chi connectivity index (χ0) is 15.7. The zero-order valence-electron chi connectivity index (χ0n) is 11.1. The van der Waals surface area contributed by atoms with Gasteiger partial charge in [0.05, 0.1) is 19.1 Å². The van der Waals surface area contributed by atoms with Gasteiger partial charge in [-0.05, 0) is 5.56 Å². The lowest BCUT2D eigenvalue weighted by atomic mass is 10.2. The van der Waals surface area contributed by atoms with E-state index in [1.165, 1.54) is 0 Å². The van der Waals surface area contributed by atoms with Crippen molar-refractivity contribution in [2.75, 3.05) is 13.2 Å². The fraction of sp³-hybridized carbons (Fsp3) is 0.308. The van der Waals surface area contributed by atoms with Gasteiger partial charge in [-0.2, -0.15) is 0 Å². The van der Waals surface area contributed by atoms with Gasteiger partial charge in [-0.3, -0.25) is 4.79 Å². The maximum absolute atomic E-state index is 11.5. The van der Waals surface area contributed by atoms with Crippen molar-refractivity contribution in [1.82, 2.24) is 10.6 Å². The van der Waals surface area contributed by atoms with Gasteiger partial charge in [-0.15, -0.1) is 0 Å². The number of carboxylic acids is 1. The molecule has 1 aromatic carbocycles. The van der Waals surface area contributed by atoms with Crippen LogP contribution in [-0.4, -0.2) is 42.3 Å². The Bertz CT molecular complexity index is 491. The minimum absolute atomic E-state index is 0.00544. The van der Waals surface area contributed by atoms with E-state index in [1.807, 2.05) is 11.4 Å². The van der Waals surface area contributed by atoms with Crippen LogP contribution in [0.3, 0.4) is 0 Å². The van der Waals surface area contributed by atoms with E-state index in [0.29, 0.717) is 0 Å². The van der Waals surface area contributed by atoms with Crippen molar-refractivity contribution >= 4 is 18.0 Å². The van der Waals surface area contributed by atoms with E-state index in [0.717, 1.165) is 5.56 Å². The first-order chi connectivity index (χ1) is 10.0. The molecule has 1 atom stereocenters. The molecule has 0 aromatic heterocycles. The van der Waals surface area contributed by atoms with Crippen molar-refractivity contribution in [2.45, 2.75) is 12.6 Å². The molecule has 1 aromatic rings. The van der Waals surface area contributed by atoms with Crippen LogP contribution < -0.4 is 15.7 Å². The minimum Gasteiger partial charge on any atom is -0.548 e. The Labute approximate surface area is 120 Å². The molecule has 0 spiro atoms. The van der Waals surface area contributed by atoms with Gasteiger partial charge < -0.3 is 30.4 Å². The molecule has 0 bridgehead atoms. The third-order valence-electron chi connectivity index (χ3n) is 2.41. The summed E-state index contributed by atoms with van der Waals surface area (Å²) in [6, 6.07) is 7.58. The number of aliphatic hydroxyl groups is 1. The van der Waals surface area contributed by atoms with Crippen LogP contribution in [0.5, 0.6) is 0 Å². The average Bonchev–Trinajstić information content (AvgIpc) is 2.49. The number of carbonyl (C=O) groups excluding carboxylic acids is 3. The summed E-state index contributed by atoms with van der Waals surface area (Å²) in [7, 11) is 0. The molecule has 1 rings (SSSR count). The summed E-state index contributed by atoms with van der Waals surface area (Å²) in [6.45, 7) is -1.40. The molecule has 0 saturated heterocycles. The third kappa shape index (κ3) is 6.39. The van der Waals surface area contributed by atoms with Crippen LogP contribution in [0.15, 0.2) is 30.3 Å². The molecule has 0 aliphatic rings. The largest absolute Gasteiger partial charge is 0.548 e. The molecule has 21 heavy (non-hydrogen) atoms. The quantitative estimate of drug-likeness (QED) is 0.541. The van der Waals surface area contributed by atoms with Crippen LogP contribution in [-0.2, 0) is 20.9 Å². The molecule has 0 aliphatic carbocycles. The van der Waals surface area contributed by atoms with Crippen LogP contribution >= 0.6 is 0 Å². The number of carboxylic acid groups (broad SMARTS) is 1. The van der Waals surface area contributed by atoms with Gasteiger partial charge in [-0.25, -0.2) is 4.79 Å². The highest BCUT2D eigenvalue weighted by molar-refractivity contribution is 5.87. The zero-order valence-corrected chi connectivity index (χ0v) is 11.1. The summed E-state index contributed by atoms with van der Waals surface area (Å²) < 4.78 is 4.87. The second-order valence-electron chi connectivity index (χ2n) is 4.03. The van der Waals surface area contributed by atoms with Crippen molar-refractivity contribution in [1.29, 1.82) is 0 Å². The van der Waals surface area contributed by atoms with Gasteiger partial charge >= 0.3 is 6.09 Å². The monoisotopic (exact) mass is 295 g/mol. The van der Waals surface area contributed by atoms with E-state index in [4.69, 9.17) is 9.84 Å². The third-order valence-corrected chi connectivity index (χ3v) is 2.41. The number of hydrogen-bond donors (Lipinski definition) is 3. The summed E-state index contributed by atoms with van der Waals surface area (Å²) in [5.41, 5.74) is 0.759. The fourth-order valence-corrected chi connectivity index (χ4v) is 1.38. The molecule has 0 unspecified atom stereocenters. The number of rotatable bonds is 7. The van der Waals surface area contributed by atoms with Crippen molar-refractivity contribution < 1.29 is 29.3 Å². The highest BCUT2D eigenvalue weighted by Gasteiger charge is 2.20. The van der Waals surface area contributed by atoms with Crippen molar-refractivity contribution in [2.24, 2.45) is 0 Å². The van der Waals surface area contributed by atoms with Gasteiger partial charge in [0.15, 0.2) is 0 Å². The number of benzene rings is 1. The van der Waals surface area contributed by atoms with E-state index in [1.54, 1.807) is 24.3 Å². The molecular formula is C13H15N2O6-. The Balaban J connectivity index is 2.40. The topological polar surface area (TPSA) is 128 Å². The molecule has 0 saturated carbocycles. The molecule has 0 fully saturated rings. The smallest absolute Gasteiger partial charge is 0.408 e. The lowest BCUT2D eigenvalue weighted by Gasteiger charge is -2.16. The number of ether oxygens (including phenoxy) is 1. The first-order valence-electron chi connectivity index (χ1n) is 6.08. The lowest BCUT2D eigenvalue weighted by molar-refractivity contribution is -0.304. The van der Waals surface area contributed by atoms with Gasteiger partial charge in [0, 0.05) is 0 Å². The van der Waals surface area contributed by atoms with Crippen LogP contribution in [0.25, 0.3) is 0 Å².